The quantitative estimate of drug-likeness (QED) is 0.864. The van der Waals surface area contributed by atoms with Crippen molar-refractivity contribution in [2.75, 3.05) is 5.32 Å². The number of benzene rings is 1. The highest BCUT2D eigenvalue weighted by molar-refractivity contribution is 6.34. The molecular formula is C11H11ClF3NO. The number of hydrogen-bond donors (Lipinski definition) is 1. The largest absolute Gasteiger partial charge is 0.416 e. The van der Waals surface area contributed by atoms with Crippen LogP contribution < -0.4 is 5.32 Å². The lowest BCUT2D eigenvalue weighted by molar-refractivity contribution is -0.138. The van der Waals surface area contributed by atoms with Gasteiger partial charge in [0, 0.05) is 6.92 Å². The number of rotatable bonds is 2. The molecule has 0 aromatic heterocycles. The number of carbonyl (C=O) groups excluding carboxylic acids is 1. The van der Waals surface area contributed by atoms with Gasteiger partial charge >= 0.3 is 6.18 Å². The average molecular weight is 266 g/mol. The second-order valence-electron chi connectivity index (χ2n) is 3.48. The van der Waals surface area contributed by atoms with Crippen LogP contribution in [0.3, 0.4) is 0 Å². The SMILES string of the molecule is CCc1c(C(F)(F)F)ccc(Cl)c1NC(C)=O. The third-order valence-corrected chi connectivity index (χ3v) is 2.54. The molecule has 0 spiro atoms. The zero-order valence-electron chi connectivity index (χ0n) is 9.28. The summed E-state index contributed by atoms with van der Waals surface area (Å²) in [5.74, 6) is -0.457. The normalized spacial score (nSPS) is 11.4. The molecule has 94 valence electrons. The fourth-order valence-corrected chi connectivity index (χ4v) is 1.79. The summed E-state index contributed by atoms with van der Waals surface area (Å²) in [6.07, 6.45) is -4.33. The van der Waals surface area contributed by atoms with Crippen LogP contribution in [-0.4, -0.2) is 5.91 Å². The van der Waals surface area contributed by atoms with Gasteiger partial charge in [-0.1, -0.05) is 18.5 Å². The minimum absolute atomic E-state index is 0.000185. The molecule has 0 bridgehead atoms. The number of alkyl halides is 3. The maximum Gasteiger partial charge on any atom is 0.416 e. The van der Waals surface area contributed by atoms with Crippen LogP contribution >= 0.6 is 11.6 Å². The Morgan fingerprint density at radius 1 is 1.41 bits per heavy atom. The number of halogens is 4. The van der Waals surface area contributed by atoms with Crippen LogP contribution in [0, 0.1) is 0 Å². The molecule has 0 atom stereocenters. The van der Waals surface area contributed by atoms with E-state index in [4.69, 9.17) is 11.6 Å². The first-order valence-electron chi connectivity index (χ1n) is 4.93. The number of anilines is 1. The van der Waals surface area contributed by atoms with Crippen LogP contribution in [0.4, 0.5) is 18.9 Å². The van der Waals surface area contributed by atoms with Gasteiger partial charge in [0.05, 0.1) is 16.3 Å². The van der Waals surface area contributed by atoms with E-state index in [9.17, 15) is 18.0 Å². The van der Waals surface area contributed by atoms with Gasteiger partial charge in [-0.25, -0.2) is 0 Å². The van der Waals surface area contributed by atoms with E-state index in [1.54, 1.807) is 6.92 Å². The summed E-state index contributed by atoms with van der Waals surface area (Å²) in [4.78, 5) is 10.9. The first-order chi connectivity index (χ1) is 7.77. The zero-order chi connectivity index (χ0) is 13.2. The molecule has 0 heterocycles. The number of nitrogens with one attached hydrogen (secondary N) is 1. The highest BCUT2D eigenvalue weighted by Gasteiger charge is 2.34. The van der Waals surface area contributed by atoms with Gasteiger partial charge in [0.2, 0.25) is 5.91 Å². The van der Waals surface area contributed by atoms with E-state index in [1.807, 2.05) is 0 Å². The minimum Gasteiger partial charge on any atom is -0.325 e. The van der Waals surface area contributed by atoms with E-state index in [0.717, 1.165) is 12.1 Å². The molecule has 1 amide bonds. The standard InChI is InChI=1S/C11H11ClF3NO/c1-3-7-8(11(13,14)15)4-5-9(12)10(7)16-6(2)17/h4-5H,3H2,1-2H3,(H,16,17). The van der Waals surface area contributed by atoms with E-state index in [-0.39, 0.29) is 22.7 Å². The van der Waals surface area contributed by atoms with Crippen LogP contribution in [0.2, 0.25) is 5.02 Å². The van der Waals surface area contributed by atoms with Gasteiger partial charge in [0.15, 0.2) is 0 Å². The third kappa shape index (κ3) is 3.12. The lowest BCUT2D eigenvalue weighted by Gasteiger charge is -2.17. The molecule has 1 aromatic carbocycles. The summed E-state index contributed by atoms with van der Waals surface area (Å²) >= 11 is 5.79. The van der Waals surface area contributed by atoms with Crippen molar-refractivity contribution >= 4 is 23.2 Å². The van der Waals surface area contributed by atoms with Crippen molar-refractivity contribution in [3.8, 4) is 0 Å². The first-order valence-corrected chi connectivity index (χ1v) is 5.31. The average Bonchev–Trinajstić information content (AvgIpc) is 2.18. The minimum atomic E-state index is -4.46. The molecule has 1 rings (SSSR count). The van der Waals surface area contributed by atoms with Crippen molar-refractivity contribution in [2.45, 2.75) is 26.4 Å². The summed E-state index contributed by atoms with van der Waals surface area (Å²) in [6, 6.07) is 2.06. The molecule has 0 saturated heterocycles. The van der Waals surface area contributed by atoms with E-state index in [2.05, 4.69) is 5.32 Å². The monoisotopic (exact) mass is 265 g/mol. The van der Waals surface area contributed by atoms with Gasteiger partial charge in [-0.3, -0.25) is 4.79 Å². The molecule has 0 aliphatic carbocycles. The molecule has 17 heavy (non-hydrogen) atoms. The van der Waals surface area contributed by atoms with Gasteiger partial charge in [-0.05, 0) is 24.1 Å². The van der Waals surface area contributed by atoms with Crippen molar-refractivity contribution < 1.29 is 18.0 Å². The Kier molecular flexibility index (Phi) is 4.03. The van der Waals surface area contributed by atoms with Gasteiger partial charge in [-0.2, -0.15) is 13.2 Å². The van der Waals surface area contributed by atoms with Crippen LogP contribution in [0.5, 0.6) is 0 Å². The molecule has 0 saturated carbocycles. The highest BCUT2D eigenvalue weighted by Crippen LogP contribution is 2.38. The lowest BCUT2D eigenvalue weighted by atomic mass is 10.0. The number of carbonyl (C=O) groups is 1. The number of hydrogen-bond acceptors (Lipinski definition) is 1. The number of amides is 1. The highest BCUT2D eigenvalue weighted by atomic mass is 35.5. The Labute approximate surface area is 102 Å². The van der Waals surface area contributed by atoms with Crippen LogP contribution in [0.25, 0.3) is 0 Å². The van der Waals surface area contributed by atoms with Gasteiger partial charge < -0.3 is 5.32 Å². The molecule has 0 aliphatic heterocycles. The smallest absolute Gasteiger partial charge is 0.325 e. The predicted octanol–water partition coefficient (Wildman–Crippen LogP) is 3.88. The lowest BCUT2D eigenvalue weighted by Crippen LogP contribution is -2.14. The summed E-state index contributed by atoms with van der Waals surface area (Å²) in [5.41, 5.74) is -0.732. The molecule has 0 radical (unpaired) electrons. The summed E-state index contributed by atoms with van der Waals surface area (Å²) in [6.45, 7) is 2.79. The maximum atomic E-state index is 12.7. The Bertz CT molecular complexity index is 443. The van der Waals surface area contributed by atoms with Gasteiger partial charge in [0.1, 0.15) is 0 Å². The fraction of sp³-hybridized carbons (Fsp3) is 0.364. The third-order valence-electron chi connectivity index (χ3n) is 2.22. The Morgan fingerprint density at radius 3 is 2.41 bits per heavy atom. The second kappa shape index (κ2) is 4.96. The van der Waals surface area contributed by atoms with Crippen molar-refractivity contribution in [1.82, 2.24) is 0 Å². The molecule has 0 unspecified atom stereocenters. The molecule has 0 aliphatic rings. The van der Waals surface area contributed by atoms with Gasteiger partial charge in [-0.15, -0.1) is 0 Å². The molecule has 1 aromatic rings. The van der Waals surface area contributed by atoms with E-state index in [0.29, 0.717) is 0 Å². The molecule has 2 nitrogen and oxygen atoms in total. The van der Waals surface area contributed by atoms with Crippen LogP contribution in [0.1, 0.15) is 25.0 Å². The second-order valence-corrected chi connectivity index (χ2v) is 3.89. The molecule has 0 fully saturated rings. The van der Waals surface area contributed by atoms with Crippen molar-refractivity contribution in [2.24, 2.45) is 0 Å². The van der Waals surface area contributed by atoms with E-state index < -0.39 is 17.6 Å². The first kappa shape index (κ1) is 13.8. The topological polar surface area (TPSA) is 29.1 Å². The van der Waals surface area contributed by atoms with Crippen LogP contribution in [0.15, 0.2) is 12.1 Å². The maximum absolute atomic E-state index is 12.7. The molecular weight excluding hydrogens is 255 g/mol. The van der Waals surface area contributed by atoms with E-state index >= 15 is 0 Å². The van der Waals surface area contributed by atoms with Crippen LogP contribution in [-0.2, 0) is 17.4 Å². The fourth-order valence-electron chi connectivity index (χ4n) is 1.56. The van der Waals surface area contributed by atoms with Crippen molar-refractivity contribution in [1.29, 1.82) is 0 Å². The van der Waals surface area contributed by atoms with Gasteiger partial charge in [0.25, 0.3) is 0 Å². The van der Waals surface area contributed by atoms with Crippen molar-refractivity contribution in [3.63, 3.8) is 0 Å². The summed E-state index contributed by atoms with van der Waals surface area (Å²) in [7, 11) is 0. The Balaban J connectivity index is 3.41. The molecule has 1 N–H and O–H groups in total. The predicted molar refractivity (Wildman–Crippen MR) is 60.1 cm³/mol. The Hall–Kier alpha value is -1.23. The molecule has 6 heteroatoms. The van der Waals surface area contributed by atoms with E-state index in [1.165, 1.54) is 6.92 Å². The van der Waals surface area contributed by atoms with Crippen molar-refractivity contribution in [3.05, 3.63) is 28.3 Å². The zero-order valence-corrected chi connectivity index (χ0v) is 10.0. The Morgan fingerprint density at radius 2 is 2.00 bits per heavy atom. The summed E-state index contributed by atoms with van der Waals surface area (Å²) < 4.78 is 38.2. The summed E-state index contributed by atoms with van der Waals surface area (Å²) in [5, 5.41) is 2.44.